The van der Waals surface area contributed by atoms with Crippen molar-refractivity contribution >= 4 is 16.6 Å². The number of ether oxygens (including phenoxy) is 1. The molecule has 0 radical (unpaired) electrons. The molecule has 5 nitrogen and oxygen atoms in total. The average Bonchev–Trinajstić information content (AvgIpc) is 2.84. The van der Waals surface area contributed by atoms with E-state index in [1.807, 2.05) is 37.8 Å². The molecule has 7 heteroatoms. The zero-order chi connectivity index (χ0) is 17.3. The third-order valence-electron chi connectivity index (χ3n) is 3.94. The number of aromatic nitrogens is 3. The lowest BCUT2D eigenvalue weighted by Gasteiger charge is -2.12. The molecular weight excluding hydrogens is 314 g/mol. The summed E-state index contributed by atoms with van der Waals surface area (Å²) < 4.78 is 31.2. The van der Waals surface area contributed by atoms with Gasteiger partial charge in [0.1, 0.15) is 5.75 Å². The van der Waals surface area contributed by atoms with Crippen molar-refractivity contribution in [3.05, 3.63) is 47.4 Å². The Bertz CT molecular complexity index is 876. The van der Waals surface area contributed by atoms with Gasteiger partial charge in [0.2, 0.25) is 0 Å². The molecular formula is C17H18F2N4O. The van der Waals surface area contributed by atoms with Crippen LogP contribution in [0, 0.1) is 13.8 Å². The van der Waals surface area contributed by atoms with Gasteiger partial charge in [-0.25, -0.2) is 0 Å². The Labute approximate surface area is 138 Å². The van der Waals surface area contributed by atoms with E-state index in [2.05, 4.69) is 20.1 Å². The van der Waals surface area contributed by atoms with Gasteiger partial charge < -0.3 is 10.1 Å². The van der Waals surface area contributed by atoms with Crippen molar-refractivity contribution < 1.29 is 13.5 Å². The smallest absolute Gasteiger partial charge is 0.387 e. The van der Waals surface area contributed by atoms with Gasteiger partial charge in [-0.2, -0.15) is 13.9 Å². The summed E-state index contributed by atoms with van der Waals surface area (Å²) in [5.74, 6) is 0.115. The van der Waals surface area contributed by atoms with Gasteiger partial charge in [0.15, 0.2) is 0 Å². The van der Waals surface area contributed by atoms with Crippen molar-refractivity contribution in [2.75, 3.05) is 5.32 Å². The highest BCUT2D eigenvalue weighted by Crippen LogP contribution is 2.28. The molecule has 0 atom stereocenters. The van der Waals surface area contributed by atoms with Crippen molar-refractivity contribution in [2.45, 2.75) is 27.0 Å². The molecule has 0 aliphatic carbocycles. The Balaban J connectivity index is 1.94. The number of nitrogens with zero attached hydrogens (tertiary/aromatic N) is 3. The molecule has 0 aliphatic rings. The molecule has 0 aliphatic heterocycles. The van der Waals surface area contributed by atoms with E-state index in [1.54, 1.807) is 12.1 Å². The van der Waals surface area contributed by atoms with Crippen LogP contribution < -0.4 is 10.1 Å². The predicted octanol–water partition coefficient (Wildman–Crippen LogP) is 3.80. The van der Waals surface area contributed by atoms with Crippen molar-refractivity contribution in [3.63, 3.8) is 0 Å². The van der Waals surface area contributed by atoms with Gasteiger partial charge >= 0.3 is 6.61 Å². The first-order chi connectivity index (χ1) is 11.4. The maximum Gasteiger partial charge on any atom is 0.387 e. The molecule has 0 saturated heterocycles. The zero-order valence-corrected chi connectivity index (χ0v) is 13.7. The number of alkyl halides is 2. The first-order valence-corrected chi connectivity index (χ1v) is 7.51. The first-order valence-electron chi connectivity index (χ1n) is 7.51. The van der Waals surface area contributed by atoms with E-state index < -0.39 is 6.61 Å². The van der Waals surface area contributed by atoms with E-state index >= 15 is 0 Å². The SMILES string of the molecule is Cc1cc(NCc2cnn(C)c2C)c2cc(OC(F)F)ccc2n1. The number of nitrogens with one attached hydrogen (secondary N) is 1. The van der Waals surface area contributed by atoms with Gasteiger partial charge in [0.25, 0.3) is 0 Å². The molecule has 0 spiro atoms. The molecule has 0 saturated carbocycles. The second-order valence-electron chi connectivity index (χ2n) is 5.60. The molecule has 24 heavy (non-hydrogen) atoms. The van der Waals surface area contributed by atoms with Crippen molar-refractivity contribution in [3.8, 4) is 5.75 Å². The number of anilines is 1. The monoisotopic (exact) mass is 332 g/mol. The normalized spacial score (nSPS) is 11.2. The van der Waals surface area contributed by atoms with Crippen molar-refractivity contribution in [2.24, 2.45) is 7.05 Å². The van der Waals surface area contributed by atoms with Crippen molar-refractivity contribution in [1.82, 2.24) is 14.8 Å². The van der Waals surface area contributed by atoms with Gasteiger partial charge in [0, 0.05) is 41.6 Å². The summed E-state index contributed by atoms with van der Waals surface area (Å²) in [5.41, 5.74) is 4.53. The van der Waals surface area contributed by atoms with E-state index in [0.717, 1.165) is 33.5 Å². The van der Waals surface area contributed by atoms with Crippen LogP contribution in [0.15, 0.2) is 30.5 Å². The van der Waals surface area contributed by atoms with Gasteiger partial charge in [-0.1, -0.05) is 0 Å². The minimum Gasteiger partial charge on any atom is -0.435 e. The molecule has 3 aromatic rings. The molecule has 0 fully saturated rings. The Morgan fingerprint density at radius 3 is 2.71 bits per heavy atom. The number of fused-ring (bicyclic) bond motifs is 1. The van der Waals surface area contributed by atoms with E-state index in [4.69, 9.17) is 0 Å². The third-order valence-corrected chi connectivity index (χ3v) is 3.94. The summed E-state index contributed by atoms with van der Waals surface area (Å²) in [4.78, 5) is 4.43. The highest BCUT2D eigenvalue weighted by Gasteiger charge is 2.10. The maximum absolute atomic E-state index is 12.4. The summed E-state index contributed by atoms with van der Waals surface area (Å²) in [6.45, 7) is 1.62. The van der Waals surface area contributed by atoms with E-state index in [-0.39, 0.29) is 5.75 Å². The van der Waals surface area contributed by atoms with Crippen molar-refractivity contribution in [1.29, 1.82) is 0 Å². The summed E-state index contributed by atoms with van der Waals surface area (Å²) >= 11 is 0. The second-order valence-corrected chi connectivity index (χ2v) is 5.60. The van der Waals surface area contributed by atoms with Crippen LogP contribution in [0.4, 0.5) is 14.5 Å². The molecule has 0 unspecified atom stereocenters. The van der Waals surface area contributed by atoms with Crippen LogP contribution in [0.1, 0.15) is 17.0 Å². The third kappa shape index (κ3) is 3.29. The number of aryl methyl sites for hydroxylation is 2. The number of benzene rings is 1. The summed E-state index contributed by atoms with van der Waals surface area (Å²) in [5, 5.41) is 8.30. The van der Waals surface area contributed by atoms with E-state index in [9.17, 15) is 8.78 Å². The van der Waals surface area contributed by atoms with Crippen LogP contribution in [0.3, 0.4) is 0 Å². The molecule has 3 rings (SSSR count). The lowest BCUT2D eigenvalue weighted by molar-refractivity contribution is -0.0497. The molecule has 0 bridgehead atoms. The predicted molar refractivity (Wildman–Crippen MR) is 88.4 cm³/mol. The average molecular weight is 332 g/mol. The lowest BCUT2D eigenvalue weighted by atomic mass is 10.1. The highest BCUT2D eigenvalue weighted by molar-refractivity contribution is 5.92. The second kappa shape index (κ2) is 6.43. The van der Waals surface area contributed by atoms with Crippen LogP contribution in [0.25, 0.3) is 10.9 Å². The molecule has 2 aromatic heterocycles. The largest absolute Gasteiger partial charge is 0.435 e. The number of hydrogen-bond acceptors (Lipinski definition) is 4. The number of hydrogen-bond donors (Lipinski definition) is 1. The number of pyridine rings is 1. The first kappa shape index (κ1) is 16.2. The topological polar surface area (TPSA) is 52.0 Å². The minimum atomic E-state index is -2.85. The number of halogens is 2. The minimum absolute atomic E-state index is 0.115. The fraction of sp³-hybridized carbons (Fsp3) is 0.294. The molecule has 0 amide bonds. The molecule has 126 valence electrons. The quantitative estimate of drug-likeness (QED) is 0.772. The van der Waals surface area contributed by atoms with E-state index in [1.165, 1.54) is 6.07 Å². The maximum atomic E-state index is 12.4. The Kier molecular flexibility index (Phi) is 4.33. The molecule has 1 N–H and O–H groups in total. The van der Waals surface area contributed by atoms with Gasteiger partial charge in [-0.05, 0) is 38.1 Å². The van der Waals surface area contributed by atoms with Gasteiger partial charge in [-0.3, -0.25) is 9.67 Å². The van der Waals surface area contributed by atoms with Gasteiger partial charge in [0.05, 0.1) is 11.7 Å². The summed E-state index contributed by atoms with van der Waals surface area (Å²) in [6.07, 6.45) is 1.81. The fourth-order valence-electron chi connectivity index (χ4n) is 2.57. The lowest BCUT2D eigenvalue weighted by Crippen LogP contribution is -2.04. The fourth-order valence-corrected chi connectivity index (χ4v) is 2.57. The number of rotatable bonds is 5. The van der Waals surface area contributed by atoms with Crippen LogP contribution in [-0.2, 0) is 13.6 Å². The Hall–Kier alpha value is -2.70. The summed E-state index contributed by atoms with van der Waals surface area (Å²) in [6, 6.07) is 6.64. The standard InChI is InChI=1S/C17H18F2N4O/c1-10-6-16(20-8-12-9-21-23(3)11(12)2)14-7-13(24-17(18)19)4-5-15(14)22-10/h4-7,9,17H,8H2,1-3H3,(H,20,22). The van der Waals surface area contributed by atoms with Gasteiger partial charge in [-0.15, -0.1) is 0 Å². The Morgan fingerprint density at radius 1 is 1.25 bits per heavy atom. The van der Waals surface area contributed by atoms with Crippen LogP contribution in [0.2, 0.25) is 0 Å². The molecule has 2 heterocycles. The zero-order valence-electron chi connectivity index (χ0n) is 13.7. The van der Waals surface area contributed by atoms with Crippen LogP contribution in [-0.4, -0.2) is 21.4 Å². The highest BCUT2D eigenvalue weighted by atomic mass is 19.3. The van der Waals surface area contributed by atoms with Crippen LogP contribution >= 0.6 is 0 Å². The summed E-state index contributed by atoms with van der Waals surface area (Å²) in [7, 11) is 1.89. The Morgan fingerprint density at radius 2 is 2.04 bits per heavy atom. The van der Waals surface area contributed by atoms with Crippen LogP contribution in [0.5, 0.6) is 5.75 Å². The van der Waals surface area contributed by atoms with E-state index in [0.29, 0.717) is 6.54 Å². The molecule has 1 aromatic carbocycles.